The maximum atomic E-state index is 11.4. The molecule has 0 saturated heterocycles. The van der Waals surface area contributed by atoms with Crippen molar-refractivity contribution in [3.8, 4) is 0 Å². The first-order chi connectivity index (χ1) is 7.13. The predicted octanol–water partition coefficient (Wildman–Crippen LogP) is 2.10. The van der Waals surface area contributed by atoms with Crippen molar-refractivity contribution in [1.29, 1.82) is 0 Å². The minimum atomic E-state index is -0.321. The number of ketones is 1. The fraction of sp³-hybridized carbons (Fsp3) is 0.636. The van der Waals surface area contributed by atoms with Gasteiger partial charge >= 0.3 is 6.09 Å². The van der Waals surface area contributed by atoms with Gasteiger partial charge in [0.15, 0.2) is 0 Å². The van der Waals surface area contributed by atoms with E-state index in [4.69, 9.17) is 4.74 Å². The molecule has 0 bridgehead atoms. The Morgan fingerprint density at radius 1 is 1.53 bits per heavy atom. The molecule has 0 N–H and O–H groups in total. The second-order valence-electron chi connectivity index (χ2n) is 3.66. The van der Waals surface area contributed by atoms with Gasteiger partial charge in [-0.05, 0) is 32.3 Å². The summed E-state index contributed by atoms with van der Waals surface area (Å²) in [5.41, 5.74) is 1.02. The molecule has 0 aromatic carbocycles. The average molecular weight is 211 g/mol. The third-order valence-corrected chi connectivity index (χ3v) is 2.21. The highest BCUT2D eigenvalue weighted by Gasteiger charge is 2.17. The molecule has 0 aromatic rings. The van der Waals surface area contributed by atoms with Crippen LogP contribution in [0.4, 0.5) is 4.79 Å². The molecule has 1 aliphatic heterocycles. The number of carbonyl (C=O) groups excluding carboxylic acids is 2. The van der Waals surface area contributed by atoms with E-state index in [1.807, 2.05) is 0 Å². The van der Waals surface area contributed by atoms with Crippen molar-refractivity contribution in [2.24, 2.45) is 0 Å². The summed E-state index contributed by atoms with van der Waals surface area (Å²) < 4.78 is 4.89. The van der Waals surface area contributed by atoms with Crippen LogP contribution in [0.25, 0.3) is 0 Å². The number of nitrogens with zero attached hydrogens (tertiary/aromatic N) is 1. The molecule has 0 aliphatic carbocycles. The van der Waals surface area contributed by atoms with Gasteiger partial charge in [-0.25, -0.2) is 4.79 Å². The van der Waals surface area contributed by atoms with Crippen molar-refractivity contribution < 1.29 is 14.3 Å². The number of amides is 1. The van der Waals surface area contributed by atoms with Crippen LogP contribution in [0.1, 0.15) is 33.1 Å². The highest BCUT2D eigenvalue weighted by Crippen LogP contribution is 2.18. The Bertz CT molecular complexity index is 284. The molecule has 15 heavy (non-hydrogen) atoms. The summed E-state index contributed by atoms with van der Waals surface area (Å²) in [6, 6.07) is 0. The fourth-order valence-corrected chi connectivity index (χ4v) is 1.63. The minimum Gasteiger partial charge on any atom is -0.449 e. The zero-order valence-corrected chi connectivity index (χ0v) is 9.28. The summed E-state index contributed by atoms with van der Waals surface area (Å²) >= 11 is 0. The van der Waals surface area contributed by atoms with Gasteiger partial charge in [-0.15, -0.1) is 0 Å². The third-order valence-electron chi connectivity index (χ3n) is 2.21. The van der Waals surface area contributed by atoms with Gasteiger partial charge in [0.05, 0.1) is 6.61 Å². The molecule has 0 unspecified atom stereocenters. The Morgan fingerprint density at radius 3 is 2.87 bits per heavy atom. The lowest BCUT2D eigenvalue weighted by Crippen LogP contribution is -2.30. The van der Waals surface area contributed by atoms with E-state index in [-0.39, 0.29) is 11.9 Å². The van der Waals surface area contributed by atoms with Crippen molar-refractivity contribution >= 4 is 11.9 Å². The molecule has 0 atom stereocenters. The van der Waals surface area contributed by atoms with Crippen molar-refractivity contribution in [3.05, 3.63) is 11.8 Å². The second kappa shape index (κ2) is 5.53. The van der Waals surface area contributed by atoms with E-state index in [0.29, 0.717) is 19.6 Å². The number of hydrogen-bond donors (Lipinski definition) is 0. The fourth-order valence-electron chi connectivity index (χ4n) is 1.63. The molecule has 4 heteroatoms. The van der Waals surface area contributed by atoms with Crippen LogP contribution in [0.5, 0.6) is 0 Å². The molecule has 1 rings (SSSR count). The van der Waals surface area contributed by atoms with Crippen molar-refractivity contribution in [2.75, 3.05) is 13.2 Å². The van der Waals surface area contributed by atoms with Crippen LogP contribution in [0.2, 0.25) is 0 Å². The van der Waals surface area contributed by atoms with E-state index >= 15 is 0 Å². The van der Waals surface area contributed by atoms with Gasteiger partial charge in [0.1, 0.15) is 5.78 Å². The van der Waals surface area contributed by atoms with Gasteiger partial charge in [-0.3, -0.25) is 9.69 Å². The van der Waals surface area contributed by atoms with Crippen LogP contribution in [0.15, 0.2) is 11.8 Å². The molecule has 0 aromatic heterocycles. The quantitative estimate of drug-likeness (QED) is 0.718. The van der Waals surface area contributed by atoms with E-state index in [1.165, 1.54) is 0 Å². The molecule has 0 spiro atoms. The van der Waals surface area contributed by atoms with Crippen molar-refractivity contribution in [2.45, 2.75) is 33.1 Å². The molecule has 0 fully saturated rings. The topological polar surface area (TPSA) is 46.6 Å². The summed E-state index contributed by atoms with van der Waals surface area (Å²) in [5, 5.41) is 0. The van der Waals surface area contributed by atoms with Crippen molar-refractivity contribution in [3.63, 3.8) is 0 Å². The summed E-state index contributed by atoms with van der Waals surface area (Å²) in [6.45, 7) is 4.40. The van der Waals surface area contributed by atoms with Crippen LogP contribution in [0.3, 0.4) is 0 Å². The summed E-state index contributed by atoms with van der Waals surface area (Å²) in [4.78, 5) is 23.9. The largest absolute Gasteiger partial charge is 0.449 e. The SMILES string of the molecule is CCOC(=O)N1C=C(CC(C)=O)CCC1. The number of hydrogen-bond acceptors (Lipinski definition) is 3. The Hall–Kier alpha value is -1.32. The first kappa shape index (κ1) is 11.8. The molecule has 84 valence electrons. The highest BCUT2D eigenvalue weighted by molar-refractivity contribution is 5.78. The zero-order chi connectivity index (χ0) is 11.3. The van der Waals surface area contributed by atoms with E-state index < -0.39 is 0 Å². The number of carbonyl (C=O) groups is 2. The van der Waals surface area contributed by atoms with Crippen molar-refractivity contribution in [1.82, 2.24) is 4.90 Å². The van der Waals surface area contributed by atoms with Gasteiger partial charge in [-0.2, -0.15) is 0 Å². The maximum absolute atomic E-state index is 11.4. The monoisotopic (exact) mass is 211 g/mol. The molecule has 1 amide bonds. The van der Waals surface area contributed by atoms with E-state index in [0.717, 1.165) is 18.4 Å². The second-order valence-corrected chi connectivity index (χ2v) is 3.66. The Morgan fingerprint density at radius 2 is 2.27 bits per heavy atom. The third kappa shape index (κ3) is 3.73. The molecule has 4 nitrogen and oxygen atoms in total. The molecule has 1 aliphatic rings. The number of allylic oxidation sites excluding steroid dienone is 1. The van der Waals surface area contributed by atoms with E-state index in [1.54, 1.807) is 24.9 Å². The lowest BCUT2D eigenvalue weighted by Gasteiger charge is -2.23. The summed E-state index contributed by atoms with van der Waals surface area (Å²) in [5.74, 6) is 0.131. The van der Waals surface area contributed by atoms with Gasteiger partial charge in [-0.1, -0.05) is 0 Å². The van der Waals surface area contributed by atoms with Gasteiger partial charge in [0, 0.05) is 19.2 Å². The van der Waals surface area contributed by atoms with Crippen LogP contribution >= 0.6 is 0 Å². The molecular weight excluding hydrogens is 194 g/mol. The summed E-state index contributed by atoms with van der Waals surface area (Å²) in [7, 11) is 0. The first-order valence-electron chi connectivity index (χ1n) is 5.26. The Kier molecular flexibility index (Phi) is 4.34. The van der Waals surface area contributed by atoms with Gasteiger partial charge in [0.2, 0.25) is 0 Å². The van der Waals surface area contributed by atoms with Gasteiger partial charge < -0.3 is 4.74 Å². The van der Waals surface area contributed by atoms with Crippen LogP contribution in [-0.2, 0) is 9.53 Å². The Balaban J connectivity index is 2.59. The number of ether oxygens (including phenoxy) is 1. The van der Waals surface area contributed by atoms with Crippen LogP contribution in [-0.4, -0.2) is 29.9 Å². The average Bonchev–Trinajstić information content (AvgIpc) is 2.17. The predicted molar refractivity (Wildman–Crippen MR) is 56.3 cm³/mol. The number of rotatable bonds is 3. The minimum absolute atomic E-state index is 0.131. The molecular formula is C11H17NO3. The van der Waals surface area contributed by atoms with Crippen LogP contribution < -0.4 is 0 Å². The first-order valence-corrected chi connectivity index (χ1v) is 5.26. The smallest absolute Gasteiger partial charge is 0.413 e. The lowest BCUT2D eigenvalue weighted by atomic mass is 10.0. The van der Waals surface area contributed by atoms with E-state index in [2.05, 4.69) is 0 Å². The normalized spacial score (nSPS) is 15.9. The van der Waals surface area contributed by atoms with Gasteiger partial charge in [0.25, 0.3) is 0 Å². The molecule has 0 radical (unpaired) electrons. The van der Waals surface area contributed by atoms with Crippen LogP contribution in [0, 0.1) is 0 Å². The lowest BCUT2D eigenvalue weighted by molar-refractivity contribution is -0.116. The Labute approximate surface area is 89.9 Å². The van der Waals surface area contributed by atoms with E-state index in [9.17, 15) is 9.59 Å². The molecule has 1 heterocycles. The highest BCUT2D eigenvalue weighted by atomic mass is 16.6. The summed E-state index contributed by atoms with van der Waals surface area (Å²) in [6.07, 6.45) is 3.67. The maximum Gasteiger partial charge on any atom is 0.413 e. The zero-order valence-electron chi connectivity index (χ0n) is 9.28. The number of Topliss-reactive ketones (excluding diaryl/α,β-unsaturated/α-hetero) is 1. The molecule has 0 saturated carbocycles. The standard InChI is InChI=1S/C11H17NO3/c1-3-15-11(14)12-6-4-5-10(8-12)7-9(2)13/h8H,3-7H2,1-2H3.